The minimum absolute atomic E-state index is 0.287. The fraction of sp³-hybridized carbons (Fsp3) is 0.150. The molecule has 0 bridgehead atoms. The Kier molecular flexibility index (Phi) is 5.19. The number of carbonyl (C=O) groups excluding carboxylic acids is 1. The minimum atomic E-state index is -0.287. The van der Waals surface area contributed by atoms with Crippen LogP contribution < -0.4 is 10.6 Å². The van der Waals surface area contributed by atoms with Crippen LogP contribution in [-0.2, 0) is 0 Å². The molecule has 0 saturated heterocycles. The second-order valence-corrected chi connectivity index (χ2v) is 6.45. The standard InChI is InChI=1S/C20H19ClN4O/c1-12-7-9-15(10-8-12)24-20(26)18-11-19(23-14(3)22-18)25-17-6-4-5-16(21)13(17)2/h4-11H,1-3H3,(H,24,26)(H,22,23,25). The Labute approximate surface area is 157 Å². The molecule has 1 amide bonds. The van der Waals surface area contributed by atoms with Crippen LogP contribution in [0.4, 0.5) is 17.2 Å². The van der Waals surface area contributed by atoms with Crippen LogP contribution in [0.25, 0.3) is 0 Å². The van der Waals surface area contributed by atoms with Crippen molar-refractivity contribution >= 4 is 34.7 Å². The van der Waals surface area contributed by atoms with E-state index in [0.717, 1.165) is 22.5 Å². The van der Waals surface area contributed by atoms with Gasteiger partial charge >= 0.3 is 0 Å². The van der Waals surface area contributed by atoms with Crippen molar-refractivity contribution in [1.82, 2.24) is 9.97 Å². The van der Waals surface area contributed by atoms with Crippen LogP contribution in [0, 0.1) is 20.8 Å². The third kappa shape index (κ3) is 4.18. The lowest BCUT2D eigenvalue weighted by Gasteiger charge is -2.12. The van der Waals surface area contributed by atoms with Gasteiger partial charge in [-0.05, 0) is 50.6 Å². The summed E-state index contributed by atoms with van der Waals surface area (Å²) >= 11 is 6.16. The highest BCUT2D eigenvalue weighted by atomic mass is 35.5. The Balaban J connectivity index is 1.84. The molecule has 0 aliphatic rings. The summed E-state index contributed by atoms with van der Waals surface area (Å²) in [6.07, 6.45) is 0. The lowest BCUT2D eigenvalue weighted by atomic mass is 10.2. The van der Waals surface area contributed by atoms with Gasteiger partial charge in [0, 0.05) is 22.5 Å². The fourth-order valence-corrected chi connectivity index (χ4v) is 2.64. The number of hydrogen-bond acceptors (Lipinski definition) is 4. The van der Waals surface area contributed by atoms with E-state index >= 15 is 0 Å². The molecule has 0 atom stereocenters. The molecule has 6 heteroatoms. The van der Waals surface area contributed by atoms with E-state index in [1.165, 1.54) is 0 Å². The molecular formula is C20H19ClN4O. The number of amides is 1. The van der Waals surface area contributed by atoms with Crippen molar-refractivity contribution in [2.24, 2.45) is 0 Å². The molecule has 2 aromatic carbocycles. The number of halogens is 1. The van der Waals surface area contributed by atoms with Gasteiger partial charge in [-0.1, -0.05) is 35.4 Å². The van der Waals surface area contributed by atoms with Crippen molar-refractivity contribution in [2.45, 2.75) is 20.8 Å². The lowest BCUT2D eigenvalue weighted by molar-refractivity contribution is 0.102. The van der Waals surface area contributed by atoms with Crippen LogP contribution in [-0.4, -0.2) is 15.9 Å². The van der Waals surface area contributed by atoms with Crippen LogP contribution >= 0.6 is 11.6 Å². The molecule has 2 N–H and O–H groups in total. The molecule has 0 aliphatic carbocycles. The number of benzene rings is 2. The molecule has 132 valence electrons. The fourth-order valence-electron chi connectivity index (χ4n) is 2.46. The van der Waals surface area contributed by atoms with Crippen LogP contribution in [0.3, 0.4) is 0 Å². The monoisotopic (exact) mass is 366 g/mol. The molecule has 1 aromatic heterocycles. The molecular weight excluding hydrogens is 348 g/mol. The summed E-state index contributed by atoms with van der Waals surface area (Å²) in [6.45, 7) is 5.66. The third-order valence-electron chi connectivity index (χ3n) is 3.91. The molecule has 0 unspecified atom stereocenters. The van der Waals surface area contributed by atoms with Gasteiger partial charge in [0.05, 0.1) is 0 Å². The molecule has 0 radical (unpaired) electrons. The van der Waals surface area contributed by atoms with E-state index < -0.39 is 0 Å². The summed E-state index contributed by atoms with van der Waals surface area (Å²) in [5.41, 5.74) is 3.89. The quantitative estimate of drug-likeness (QED) is 0.678. The average molecular weight is 367 g/mol. The molecule has 3 rings (SSSR count). The van der Waals surface area contributed by atoms with Crippen molar-refractivity contribution in [3.8, 4) is 0 Å². The third-order valence-corrected chi connectivity index (χ3v) is 4.32. The maximum Gasteiger partial charge on any atom is 0.274 e. The molecule has 0 aliphatic heterocycles. The number of aromatic nitrogens is 2. The number of carbonyl (C=O) groups is 1. The molecule has 5 nitrogen and oxygen atoms in total. The normalized spacial score (nSPS) is 10.5. The first-order valence-corrected chi connectivity index (χ1v) is 8.56. The summed E-state index contributed by atoms with van der Waals surface area (Å²) in [7, 11) is 0. The van der Waals surface area contributed by atoms with Gasteiger partial charge in [0.25, 0.3) is 5.91 Å². The first kappa shape index (κ1) is 17.9. The summed E-state index contributed by atoms with van der Waals surface area (Å²) in [5, 5.41) is 6.72. The molecule has 1 heterocycles. The Bertz CT molecular complexity index is 955. The van der Waals surface area contributed by atoms with Crippen molar-refractivity contribution in [3.63, 3.8) is 0 Å². The minimum Gasteiger partial charge on any atom is -0.340 e. The Morgan fingerprint density at radius 3 is 2.46 bits per heavy atom. The number of aryl methyl sites for hydroxylation is 2. The number of rotatable bonds is 4. The Morgan fingerprint density at radius 2 is 1.73 bits per heavy atom. The van der Waals surface area contributed by atoms with E-state index in [-0.39, 0.29) is 5.91 Å². The van der Waals surface area contributed by atoms with Gasteiger partial charge in [0.15, 0.2) is 0 Å². The topological polar surface area (TPSA) is 66.9 Å². The summed E-state index contributed by atoms with van der Waals surface area (Å²) in [5.74, 6) is 0.755. The summed E-state index contributed by atoms with van der Waals surface area (Å²) in [4.78, 5) is 21.1. The number of nitrogens with one attached hydrogen (secondary N) is 2. The van der Waals surface area contributed by atoms with E-state index in [0.29, 0.717) is 22.4 Å². The van der Waals surface area contributed by atoms with Gasteiger partial charge in [-0.3, -0.25) is 4.79 Å². The van der Waals surface area contributed by atoms with E-state index in [2.05, 4.69) is 20.6 Å². The zero-order valence-corrected chi connectivity index (χ0v) is 15.6. The van der Waals surface area contributed by atoms with E-state index in [1.54, 1.807) is 13.0 Å². The van der Waals surface area contributed by atoms with Crippen LogP contribution in [0.15, 0.2) is 48.5 Å². The summed E-state index contributed by atoms with van der Waals surface area (Å²) in [6, 6.07) is 14.8. The van der Waals surface area contributed by atoms with Crippen molar-refractivity contribution in [3.05, 3.63) is 76.2 Å². The molecule has 26 heavy (non-hydrogen) atoms. The smallest absolute Gasteiger partial charge is 0.274 e. The highest BCUT2D eigenvalue weighted by Gasteiger charge is 2.12. The highest BCUT2D eigenvalue weighted by Crippen LogP contribution is 2.25. The molecule has 0 saturated carbocycles. The van der Waals surface area contributed by atoms with Crippen LogP contribution in [0.1, 0.15) is 27.4 Å². The van der Waals surface area contributed by atoms with Crippen molar-refractivity contribution in [1.29, 1.82) is 0 Å². The van der Waals surface area contributed by atoms with Crippen molar-refractivity contribution < 1.29 is 4.79 Å². The van der Waals surface area contributed by atoms with E-state index in [1.807, 2.05) is 56.3 Å². The Hall–Kier alpha value is -2.92. The predicted molar refractivity (Wildman–Crippen MR) is 105 cm³/mol. The largest absolute Gasteiger partial charge is 0.340 e. The second kappa shape index (κ2) is 7.54. The maximum absolute atomic E-state index is 12.5. The van der Waals surface area contributed by atoms with Crippen LogP contribution in [0.5, 0.6) is 0 Å². The van der Waals surface area contributed by atoms with Crippen LogP contribution in [0.2, 0.25) is 5.02 Å². The average Bonchev–Trinajstić information content (AvgIpc) is 2.60. The SMILES string of the molecule is Cc1ccc(NC(=O)c2cc(Nc3cccc(Cl)c3C)nc(C)n2)cc1. The van der Waals surface area contributed by atoms with Crippen molar-refractivity contribution in [2.75, 3.05) is 10.6 Å². The molecule has 0 spiro atoms. The number of nitrogens with zero attached hydrogens (tertiary/aromatic N) is 2. The van der Waals surface area contributed by atoms with Gasteiger partial charge in [-0.15, -0.1) is 0 Å². The van der Waals surface area contributed by atoms with Gasteiger partial charge in [0.2, 0.25) is 0 Å². The van der Waals surface area contributed by atoms with Gasteiger partial charge in [0.1, 0.15) is 17.3 Å². The number of anilines is 3. The summed E-state index contributed by atoms with van der Waals surface area (Å²) < 4.78 is 0. The first-order chi connectivity index (χ1) is 12.4. The predicted octanol–water partition coefficient (Wildman–Crippen LogP) is 5.05. The van der Waals surface area contributed by atoms with Gasteiger partial charge in [-0.25, -0.2) is 9.97 Å². The number of hydrogen-bond donors (Lipinski definition) is 2. The zero-order valence-electron chi connectivity index (χ0n) is 14.8. The molecule has 3 aromatic rings. The Morgan fingerprint density at radius 1 is 1.00 bits per heavy atom. The van der Waals surface area contributed by atoms with E-state index in [9.17, 15) is 4.79 Å². The second-order valence-electron chi connectivity index (χ2n) is 6.04. The molecule has 0 fully saturated rings. The maximum atomic E-state index is 12.5. The highest BCUT2D eigenvalue weighted by molar-refractivity contribution is 6.31. The van der Waals surface area contributed by atoms with Gasteiger partial charge in [-0.2, -0.15) is 0 Å². The van der Waals surface area contributed by atoms with Gasteiger partial charge < -0.3 is 10.6 Å². The zero-order chi connectivity index (χ0) is 18.7. The lowest BCUT2D eigenvalue weighted by Crippen LogP contribution is -2.15. The first-order valence-electron chi connectivity index (χ1n) is 8.18. The van der Waals surface area contributed by atoms with E-state index in [4.69, 9.17) is 11.6 Å².